The maximum atomic E-state index is 11.9. The zero-order chi connectivity index (χ0) is 15.5. The lowest BCUT2D eigenvalue weighted by Crippen LogP contribution is -2.27. The molecule has 0 aromatic heterocycles. The minimum Gasteiger partial charge on any atom is -0.351 e. The number of carbonyl (C=O) groups is 1. The lowest BCUT2D eigenvalue weighted by atomic mass is 10.1. The van der Waals surface area contributed by atoms with Crippen molar-refractivity contribution in [1.29, 1.82) is 0 Å². The summed E-state index contributed by atoms with van der Waals surface area (Å²) in [7, 11) is 0.375. The second-order valence-electron chi connectivity index (χ2n) is 4.08. The van der Waals surface area contributed by atoms with Crippen molar-refractivity contribution in [1.82, 2.24) is 5.32 Å². The maximum absolute atomic E-state index is 11.9. The van der Waals surface area contributed by atoms with Crippen LogP contribution in [0.1, 0.15) is 15.9 Å². The smallest absolute Gasteiger partial charge is 0.262 e. The van der Waals surface area contributed by atoms with Crippen molar-refractivity contribution in [2.45, 2.75) is 11.8 Å². The van der Waals surface area contributed by atoms with Crippen LogP contribution in [0.5, 0.6) is 0 Å². The largest absolute Gasteiger partial charge is 0.351 e. The third-order valence-electron chi connectivity index (χ3n) is 2.42. The van der Waals surface area contributed by atoms with E-state index in [2.05, 4.69) is 21.2 Å². The third kappa shape index (κ3) is 4.83. The maximum Gasteiger partial charge on any atom is 0.262 e. The van der Waals surface area contributed by atoms with Gasteiger partial charge < -0.3 is 5.32 Å². The number of nitrogens with one attached hydrogen (secondary N) is 1. The summed E-state index contributed by atoms with van der Waals surface area (Å²) in [6.45, 7) is 1.91. The molecule has 112 valence electrons. The monoisotopic (exact) mass is 401 g/mol. The molecular weight excluding hydrogens is 390 g/mol. The van der Waals surface area contributed by atoms with E-state index in [1.807, 2.05) is 0 Å². The van der Waals surface area contributed by atoms with Gasteiger partial charge in [0, 0.05) is 50.1 Å². The number of aryl methyl sites for hydroxylation is 1. The number of carbonyl (C=O) groups excluding carboxylic acids is 1. The predicted octanol–water partition coefficient (Wildman–Crippen LogP) is 1.79. The lowest BCUT2D eigenvalue weighted by Gasteiger charge is -2.09. The fourth-order valence-corrected chi connectivity index (χ4v) is 4.00. The van der Waals surface area contributed by atoms with Gasteiger partial charge in [-0.05, 0) is 40.5 Å². The molecule has 0 spiro atoms. The zero-order valence-corrected chi connectivity index (χ0v) is 14.7. The Kier molecular flexibility index (Phi) is 6.18. The fraction of sp³-hybridized carbons (Fsp3) is 0.364. The van der Waals surface area contributed by atoms with Crippen LogP contribution >= 0.6 is 26.6 Å². The SMILES string of the molecule is Cc1cc(C(=O)NCCS(C)=O)cc(S(=O)(=O)Cl)c1Br. The number of hydrogen-bond donors (Lipinski definition) is 1. The van der Waals surface area contributed by atoms with Gasteiger partial charge in [0.1, 0.15) is 0 Å². The first kappa shape index (κ1) is 17.6. The predicted molar refractivity (Wildman–Crippen MR) is 83.2 cm³/mol. The topological polar surface area (TPSA) is 80.3 Å². The van der Waals surface area contributed by atoms with Crippen molar-refractivity contribution < 1.29 is 17.4 Å². The first-order valence-corrected chi connectivity index (χ1v) is 10.3. The summed E-state index contributed by atoms with van der Waals surface area (Å²) >= 11 is 3.14. The molecule has 1 unspecified atom stereocenters. The molecule has 0 aliphatic carbocycles. The van der Waals surface area contributed by atoms with E-state index in [0.717, 1.165) is 0 Å². The average molecular weight is 403 g/mol. The van der Waals surface area contributed by atoms with Gasteiger partial charge in [0.15, 0.2) is 0 Å². The number of halogens is 2. The highest BCUT2D eigenvalue weighted by atomic mass is 79.9. The van der Waals surface area contributed by atoms with Crippen LogP contribution in [-0.4, -0.2) is 37.1 Å². The van der Waals surface area contributed by atoms with Crippen LogP contribution in [0.4, 0.5) is 0 Å². The van der Waals surface area contributed by atoms with E-state index < -0.39 is 25.8 Å². The van der Waals surface area contributed by atoms with Gasteiger partial charge in [-0.2, -0.15) is 0 Å². The van der Waals surface area contributed by atoms with Gasteiger partial charge in [0.2, 0.25) is 0 Å². The molecule has 0 fully saturated rings. The van der Waals surface area contributed by atoms with Crippen molar-refractivity contribution in [3.05, 3.63) is 27.7 Å². The molecule has 0 bridgehead atoms. The van der Waals surface area contributed by atoms with Gasteiger partial charge in [0.05, 0.1) is 4.90 Å². The van der Waals surface area contributed by atoms with E-state index in [1.54, 1.807) is 13.0 Å². The second-order valence-corrected chi connectivity index (χ2v) is 8.96. The Balaban J connectivity index is 3.05. The van der Waals surface area contributed by atoms with Crippen molar-refractivity contribution in [2.75, 3.05) is 18.6 Å². The van der Waals surface area contributed by atoms with Gasteiger partial charge in [-0.15, -0.1) is 0 Å². The summed E-state index contributed by atoms with van der Waals surface area (Å²) in [4.78, 5) is 11.8. The molecule has 0 aliphatic rings. The molecule has 0 saturated carbocycles. The van der Waals surface area contributed by atoms with Gasteiger partial charge in [-0.1, -0.05) is 0 Å². The highest BCUT2D eigenvalue weighted by Gasteiger charge is 2.19. The Labute approximate surface area is 133 Å². The van der Waals surface area contributed by atoms with E-state index in [-0.39, 0.29) is 17.0 Å². The van der Waals surface area contributed by atoms with Crippen LogP contribution in [0.15, 0.2) is 21.5 Å². The Morgan fingerprint density at radius 3 is 2.55 bits per heavy atom. The van der Waals surface area contributed by atoms with Gasteiger partial charge in [-0.25, -0.2) is 8.42 Å². The molecule has 0 aliphatic heterocycles. The van der Waals surface area contributed by atoms with Crippen LogP contribution < -0.4 is 5.32 Å². The molecule has 20 heavy (non-hydrogen) atoms. The zero-order valence-electron chi connectivity index (χ0n) is 10.8. The summed E-state index contributed by atoms with van der Waals surface area (Å²) in [5.74, 6) is -0.102. The number of rotatable bonds is 5. The third-order valence-corrected chi connectivity index (χ3v) is 5.86. The van der Waals surface area contributed by atoms with Crippen molar-refractivity contribution in [3.63, 3.8) is 0 Å². The Morgan fingerprint density at radius 1 is 1.45 bits per heavy atom. The molecule has 9 heteroatoms. The van der Waals surface area contributed by atoms with Gasteiger partial charge in [0.25, 0.3) is 15.0 Å². The van der Waals surface area contributed by atoms with Crippen molar-refractivity contribution >= 4 is 52.4 Å². The van der Waals surface area contributed by atoms with E-state index in [1.165, 1.54) is 12.3 Å². The van der Waals surface area contributed by atoms with E-state index in [9.17, 15) is 17.4 Å². The summed E-state index contributed by atoms with van der Waals surface area (Å²) in [5, 5.41) is 2.57. The van der Waals surface area contributed by atoms with Gasteiger partial charge in [-0.3, -0.25) is 9.00 Å². The molecular formula is C11H13BrClNO4S2. The highest BCUT2D eigenvalue weighted by molar-refractivity contribution is 9.10. The molecule has 1 N–H and O–H groups in total. The fourth-order valence-electron chi connectivity index (χ4n) is 1.46. The van der Waals surface area contributed by atoms with Crippen LogP contribution in [0.25, 0.3) is 0 Å². The van der Waals surface area contributed by atoms with Gasteiger partial charge >= 0.3 is 0 Å². The molecule has 5 nitrogen and oxygen atoms in total. The molecule has 0 radical (unpaired) electrons. The summed E-state index contributed by atoms with van der Waals surface area (Å²) in [6, 6.07) is 2.76. The van der Waals surface area contributed by atoms with E-state index >= 15 is 0 Å². The van der Waals surface area contributed by atoms with E-state index in [0.29, 0.717) is 15.8 Å². The van der Waals surface area contributed by atoms with Crippen LogP contribution in [0.2, 0.25) is 0 Å². The molecule has 1 rings (SSSR count). The minimum absolute atomic E-state index is 0.150. The molecule has 1 amide bonds. The highest BCUT2D eigenvalue weighted by Crippen LogP contribution is 2.29. The normalized spacial score (nSPS) is 13.0. The van der Waals surface area contributed by atoms with Crippen LogP contribution in [-0.2, 0) is 19.9 Å². The average Bonchev–Trinajstić information content (AvgIpc) is 2.30. The standard InChI is InChI=1S/C11H13BrClNO4S2/c1-7-5-8(11(15)14-3-4-19(2)16)6-9(10(7)12)20(13,17)18/h5-6H,3-4H2,1-2H3,(H,14,15). The molecule has 1 aromatic rings. The number of hydrogen-bond acceptors (Lipinski definition) is 4. The Hall–Kier alpha value is -0.440. The Morgan fingerprint density at radius 2 is 2.05 bits per heavy atom. The molecule has 1 aromatic carbocycles. The second kappa shape index (κ2) is 7.02. The number of benzene rings is 1. The summed E-state index contributed by atoms with van der Waals surface area (Å²) in [6.07, 6.45) is 1.54. The van der Waals surface area contributed by atoms with Crippen molar-refractivity contribution in [3.8, 4) is 0 Å². The summed E-state index contributed by atoms with van der Waals surface area (Å²) in [5.41, 5.74) is 0.766. The quantitative estimate of drug-likeness (QED) is 0.762. The van der Waals surface area contributed by atoms with Crippen LogP contribution in [0.3, 0.4) is 0 Å². The molecule has 0 heterocycles. The van der Waals surface area contributed by atoms with E-state index in [4.69, 9.17) is 10.7 Å². The minimum atomic E-state index is -3.95. The Bertz CT molecular complexity index is 661. The van der Waals surface area contributed by atoms with Crippen molar-refractivity contribution in [2.24, 2.45) is 0 Å². The number of amides is 1. The molecule has 1 atom stereocenters. The lowest BCUT2D eigenvalue weighted by molar-refractivity contribution is 0.0956. The summed E-state index contributed by atoms with van der Waals surface area (Å²) < 4.78 is 34.1. The molecule has 0 saturated heterocycles. The first-order valence-electron chi connectivity index (χ1n) is 5.46. The first-order chi connectivity index (χ1) is 9.12. The van der Waals surface area contributed by atoms with Crippen LogP contribution in [0, 0.1) is 6.92 Å².